The Morgan fingerprint density at radius 3 is 3.14 bits per heavy atom. The van der Waals surface area contributed by atoms with Crippen LogP contribution in [0.2, 0.25) is 0 Å². The Morgan fingerprint density at radius 2 is 2.50 bits per heavy atom. The number of rotatable bonds is 3. The van der Waals surface area contributed by atoms with Gasteiger partial charge in [0.25, 0.3) is 0 Å². The van der Waals surface area contributed by atoms with Crippen molar-refractivity contribution in [1.82, 2.24) is 10.3 Å². The third kappa shape index (κ3) is 3.02. The Labute approximate surface area is 87.7 Å². The van der Waals surface area contributed by atoms with Crippen LogP contribution in [0.5, 0.6) is 5.75 Å². The molecule has 0 bridgehead atoms. The van der Waals surface area contributed by atoms with Crippen LogP contribution in [0.1, 0.15) is 0 Å². The summed E-state index contributed by atoms with van der Waals surface area (Å²) < 4.78 is 0. The third-order valence-corrected chi connectivity index (χ3v) is 1.67. The molecular weight excluding hydrogens is 198 g/mol. The number of pyridine rings is 1. The van der Waals surface area contributed by atoms with E-state index in [9.17, 15) is 5.11 Å². The minimum Gasteiger partial charge on any atom is -0.504 e. The number of nitrogens with zero attached hydrogens (tertiary/aromatic N) is 1. The predicted octanol–water partition coefficient (Wildman–Crippen LogP) is 1.26. The first-order chi connectivity index (χ1) is 6.74. The van der Waals surface area contributed by atoms with Gasteiger partial charge < -0.3 is 15.7 Å². The van der Waals surface area contributed by atoms with Crippen molar-refractivity contribution in [3.8, 4) is 5.75 Å². The van der Waals surface area contributed by atoms with E-state index in [1.54, 1.807) is 18.3 Å². The second-order valence-electron chi connectivity index (χ2n) is 2.49. The molecule has 0 atom stereocenters. The van der Waals surface area contributed by atoms with Gasteiger partial charge in [-0.25, -0.2) is 4.98 Å². The second kappa shape index (κ2) is 5.18. The molecule has 0 spiro atoms. The van der Waals surface area contributed by atoms with Gasteiger partial charge in [-0.1, -0.05) is 6.08 Å². The molecule has 0 radical (unpaired) electrons. The van der Waals surface area contributed by atoms with Crippen LogP contribution in [-0.4, -0.2) is 21.7 Å². The number of nitrogens with one attached hydrogen (secondary N) is 2. The molecule has 0 amide bonds. The number of thiocarbonyl (C=S) groups is 1. The average molecular weight is 209 g/mol. The molecule has 0 aliphatic carbocycles. The summed E-state index contributed by atoms with van der Waals surface area (Å²) in [5.74, 6) is 0.407. The molecule has 0 aliphatic heterocycles. The molecular formula is C9H11N3OS. The summed E-state index contributed by atoms with van der Waals surface area (Å²) in [7, 11) is 0. The van der Waals surface area contributed by atoms with Crippen LogP contribution in [0.4, 0.5) is 5.82 Å². The molecule has 4 nitrogen and oxygen atoms in total. The summed E-state index contributed by atoms with van der Waals surface area (Å²) in [6.07, 6.45) is 3.25. The van der Waals surface area contributed by atoms with Crippen molar-refractivity contribution >= 4 is 23.1 Å². The molecule has 1 aromatic heterocycles. The highest BCUT2D eigenvalue weighted by Gasteiger charge is 2.01. The van der Waals surface area contributed by atoms with Crippen LogP contribution in [0.15, 0.2) is 31.0 Å². The van der Waals surface area contributed by atoms with E-state index in [2.05, 4.69) is 22.2 Å². The summed E-state index contributed by atoms with van der Waals surface area (Å²) in [5, 5.41) is 15.4. The van der Waals surface area contributed by atoms with Gasteiger partial charge in [0.15, 0.2) is 16.7 Å². The Kier molecular flexibility index (Phi) is 3.87. The van der Waals surface area contributed by atoms with Crippen molar-refractivity contribution < 1.29 is 5.11 Å². The first-order valence-electron chi connectivity index (χ1n) is 4.03. The highest BCUT2D eigenvalue weighted by molar-refractivity contribution is 7.80. The van der Waals surface area contributed by atoms with E-state index in [4.69, 9.17) is 12.2 Å². The quantitative estimate of drug-likeness (QED) is 0.517. The number of aromatic nitrogens is 1. The van der Waals surface area contributed by atoms with E-state index >= 15 is 0 Å². The molecule has 74 valence electrons. The molecule has 1 heterocycles. The molecule has 0 saturated heterocycles. The summed E-state index contributed by atoms with van der Waals surface area (Å²) in [6, 6.07) is 3.17. The topological polar surface area (TPSA) is 57.2 Å². The summed E-state index contributed by atoms with van der Waals surface area (Å²) in [6.45, 7) is 4.11. The number of hydrogen-bond acceptors (Lipinski definition) is 3. The molecule has 0 aliphatic rings. The van der Waals surface area contributed by atoms with Gasteiger partial charge in [-0.2, -0.15) is 0 Å². The highest BCUT2D eigenvalue weighted by Crippen LogP contribution is 2.17. The standard InChI is InChI=1S/C9H11N3OS/c1-2-5-11-9(14)12-8-7(13)4-3-6-10-8/h2-4,6,13H,1,5H2,(H2,10,11,12,14). The van der Waals surface area contributed by atoms with Gasteiger partial charge in [-0.05, 0) is 24.4 Å². The average Bonchev–Trinajstić information content (AvgIpc) is 2.18. The fourth-order valence-electron chi connectivity index (χ4n) is 0.810. The number of anilines is 1. The van der Waals surface area contributed by atoms with Gasteiger partial charge in [0.05, 0.1) is 0 Å². The smallest absolute Gasteiger partial charge is 0.174 e. The Bertz CT molecular complexity index is 341. The Morgan fingerprint density at radius 1 is 1.71 bits per heavy atom. The van der Waals surface area contributed by atoms with E-state index in [0.717, 1.165) is 0 Å². The van der Waals surface area contributed by atoms with Crippen molar-refractivity contribution in [3.05, 3.63) is 31.0 Å². The van der Waals surface area contributed by atoms with Crippen LogP contribution in [0, 0.1) is 0 Å². The van der Waals surface area contributed by atoms with Gasteiger partial charge in [-0.3, -0.25) is 0 Å². The minimum atomic E-state index is 0.0650. The lowest BCUT2D eigenvalue weighted by atomic mass is 10.4. The predicted molar refractivity (Wildman–Crippen MR) is 60.3 cm³/mol. The summed E-state index contributed by atoms with van der Waals surface area (Å²) in [5.41, 5.74) is 0. The maximum atomic E-state index is 9.35. The molecule has 0 saturated carbocycles. The second-order valence-corrected chi connectivity index (χ2v) is 2.90. The van der Waals surface area contributed by atoms with E-state index in [-0.39, 0.29) is 5.75 Å². The largest absolute Gasteiger partial charge is 0.504 e. The molecule has 5 heteroatoms. The molecule has 14 heavy (non-hydrogen) atoms. The normalized spacial score (nSPS) is 9.14. The fraction of sp³-hybridized carbons (Fsp3) is 0.111. The zero-order valence-electron chi connectivity index (χ0n) is 7.53. The number of aromatic hydroxyl groups is 1. The highest BCUT2D eigenvalue weighted by atomic mass is 32.1. The van der Waals surface area contributed by atoms with Gasteiger partial charge in [0.1, 0.15) is 0 Å². The van der Waals surface area contributed by atoms with Crippen molar-refractivity contribution in [3.63, 3.8) is 0 Å². The monoisotopic (exact) mass is 209 g/mol. The Balaban J connectivity index is 2.56. The van der Waals surface area contributed by atoms with Crippen LogP contribution in [0.3, 0.4) is 0 Å². The summed E-state index contributed by atoms with van der Waals surface area (Å²) in [4.78, 5) is 3.91. The lowest BCUT2D eigenvalue weighted by Crippen LogP contribution is -2.28. The van der Waals surface area contributed by atoms with Crippen molar-refractivity contribution in [1.29, 1.82) is 0 Å². The number of hydrogen-bond donors (Lipinski definition) is 3. The fourth-order valence-corrected chi connectivity index (χ4v) is 0.990. The molecule has 1 aromatic rings. The lowest BCUT2D eigenvalue weighted by Gasteiger charge is -2.08. The first kappa shape index (κ1) is 10.5. The maximum absolute atomic E-state index is 9.35. The van der Waals surface area contributed by atoms with Crippen molar-refractivity contribution in [2.24, 2.45) is 0 Å². The van der Waals surface area contributed by atoms with Crippen LogP contribution in [-0.2, 0) is 0 Å². The van der Waals surface area contributed by atoms with Crippen LogP contribution >= 0.6 is 12.2 Å². The Hall–Kier alpha value is -1.62. The van der Waals surface area contributed by atoms with E-state index in [1.165, 1.54) is 6.07 Å². The van der Waals surface area contributed by atoms with Crippen LogP contribution < -0.4 is 10.6 Å². The maximum Gasteiger partial charge on any atom is 0.174 e. The van der Waals surface area contributed by atoms with Gasteiger partial charge in [0.2, 0.25) is 0 Å². The van der Waals surface area contributed by atoms with Crippen LogP contribution in [0.25, 0.3) is 0 Å². The molecule has 1 rings (SSSR count). The third-order valence-electron chi connectivity index (χ3n) is 1.43. The summed E-state index contributed by atoms with van der Waals surface area (Å²) >= 11 is 4.94. The molecule has 0 fully saturated rings. The van der Waals surface area contributed by atoms with Gasteiger partial charge in [0, 0.05) is 12.7 Å². The van der Waals surface area contributed by atoms with Gasteiger partial charge in [-0.15, -0.1) is 6.58 Å². The van der Waals surface area contributed by atoms with E-state index in [0.29, 0.717) is 17.5 Å². The first-order valence-corrected chi connectivity index (χ1v) is 4.44. The lowest BCUT2D eigenvalue weighted by molar-refractivity contribution is 0.475. The van der Waals surface area contributed by atoms with Gasteiger partial charge >= 0.3 is 0 Å². The molecule has 0 aromatic carbocycles. The molecule has 0 unspecified atom stereocenters. The van der Waals surface area contributed by atoms with Crippen molar-refractivity contribution in [2.45, 2.75) is 0 Å². The van der Waals surface area contributed by atoms with Crippen molar-refractivity contribution in [2.75, 3.05) is 11.9 Å². The zero-order valence-corrected chi connectivity index (χ0v) is 8.34. The SMILES string of the molecule is C=CCNC(=S)Nc1ncccc1O. The van der Waals surface area contributed by atoms with E-state index < -0.39 is 0 Å². The molecule has 3 N–H and O–H groups in total. The van der Waals surface area contributed by atoms with E-state index in [1.807, 2.05) is 0 Å². The zero-order chi connectivity index (χ0) is 10.4. The minimum absolute atomic E-state index is 0.0650.